The fraction of sp³-hybridized carbons (Fsp3) is 0.733. The zero-order valence-corrected chi connectivity index (χ0v) is 11.7. The van der Waals surface area contributed by atoms with E-state index in [4.69, 9.17) is 0 Å². The number of nitrogens with one attached hydrogen (secondary N) is 1. The highest BCUT2D eigenvalue weighted by atomic mass is 16.4. The van der Waals surface area contributed by atoms with Crippen LogP contribution in [0.1, 0.15) is 51.0 Å². The summed E-state index contributed by atoms with van der Waals surface area (Å²) in [6.45, 7) is 0. The van der Waals surface area contributed by atoms with Crippen molar-refractivity contribution in [3.05, 3.63) is 18.7 Å². The van der Waals surface area contributed by atoms with Crippen LogP contribution in [0.25, 0.3) is 0 Å². The Hall–Kier alpha value is -1.36. The van der Waals surface area contributed by atoms with Crippen LogP contribution in [0.2, 0.25) is 0 Å². The summed E-state index contributed by atoms with van der Waals surface area (Å²) in [5.74, 6) is -0.788. The van der Waals surface area contributed by atoms with Gasteiger partial charge >= 0.3 is 5.97 Å². The van der Waals surface area contributed by atoms with Crippen molar-refractivity contribution in [3.63, 3.8) is 0 Å². The molecule has 2 aliphatic carbocycles. The average molecular weight is 277 g/mol. The monoisotopic (exact) mass is 277 g/mol. The van der Waals surface area contributed by atoms with Crippen LogP contribution in [-0.4, -0.2) is 32.7 Å². The van der Waals surface area contributed by atoms with Gasteiger partial charge in [-0.25, -0.2) is 4.98 Å². The standard InChI is InChI=1S/C15H23N3O2/c19-15(20)11-3-1-4-12(9-11)17-13-5-2-6-14(13)18-8-7-16-10-18/h7-8,10-14,17H,1-6,9H2,(H,19,20). The molecule has 0 radical (unpaired) electrons. The number of hydrogen-bond acceptors (Lipinski definition) is 3. The first-order valence-corrected chi connectivity index (χ1v) is 7.70. The second-order valence-electron chi connectivity index (χ2n) is 6.18. The van der Waals surface area contributed by atoms with Crippen molar-refractivity contribution in [2.24, 2.45) is 5.92 Å². The van der Waals surface area contributed by atoms with Crippen LogP contribution < -0.4 is 5.32 Å². The number of hydrogen-bond donors (Lipinski definition) is 2. The molecule has 110 valence electrons. The molecule has 2 saturated carbocycles. The Morgan fingerprint density at radius 3 is 2.85 bits per heavy atom. The van der Waals surface area contributed by atoms with E-state index in [1.165, 1.54) is 19.3 Å². The zero-order chi connectivity index (χ0) is 13.9. The SMILES string of the molecule is O=C(O)C1CCCC(NC2CCCC2n2ccnc2)C1. The van der Waals surface area contributed by atoms with Gasteiger partial charge in [-0.1, -0.05) is 6.42 Å². The highest BCUT2D eigenvalue weighted by Gasteiger charge is 2.33. The van der Waals surface area contributed by atoms with E-state index in [0.717, 1.165) is 25.7 Å². The van der Waals surface area contributed by atoms with E-state index in [1.54, 1.807) is 0 Å². The van der Waals surface area contributed by atoms with Crippen molar-refractivity contribution in [2.45, 2.75) is 63.1 Å². The molecule has 2 fully saturated rings. The van der Waals surface area contributed by atoms with Gasteiger partial charge in [-0.15, -0.1) is 0 Å². The third kappa shape index (κ3) is 2.87. The van der Waals surface area contributed by atoms with Crippen LogP contribution in [0.15, 0.2) is 18.7 Å². The second kappa shape index (κ2) is 5.95. The van der Waals surface area contributed by atoms with Crippen LogP contribution in [0, 0.1) is 5.92 Å². The Kier molecular flexibility index (Phi) is 4.05. The number of carboxylic acid groups (broad SMARTS) is 1. The molecule has 0 aliphatic heterocycles. The minimum absolute atomic E-state index is 0.158. The predicted molar refractivity (Wildman–Crippen MR) is 75.4 cm³/mol. The second-order valence-corrected chi connectivity index (χ2v) is 6.18. The van der Waals surface area contributed by atoms with E-state index in [2.05, 4.69) is 14.9 Å². The Balaban J connectivity index is 1.60. The molecule has 0 aromatic carbocycles. The predicted octanol–water partition coefficient (Wildman–Crippen LogP) is 2.21. The minimum atomic E-state index is -0.630. The molecule has 0 bridgehead atoms. The lowest BCUT2D eigenvalue weighted by Gasteiger charge is -2.32. The molecule has 5 nitrogen and oxygen atoms in total. The highest BCUT2D eigenvalue weighted by Crippen LogP contribution is 2.32. The van der Waals surface area contributed by atoms with Crippen molar-refractivity contribution in [1.29, 1.82) is 0 Å². The lowest BCUT2D eigenvalue weighted by Crippen LogP contribution is -2.44. The van der Waals surface area contributed by atoms with Gasteiger partial charge in [-0.2, -0.15) is 0 Å². The van der Waals surface area contributed by atoms with Crippen molar-refractivity contribution in [3.8, 4) is 0 Å². The summed E-state index contributed by atoms with van der Waals surface area (Å²) >= 11 is 0. The number of carbonyl (C=O) groups is 1. The van der Waals surface area contributed by atoms with E-state index < -0.39 is 5.97 Å². The van der Waals surface area contributed by atoms with Gasteiger partial charge in [0.05, 0.1) is 12.2 Å². The van der Waals surface area contributed by atoms with Crippen molar-refractivity contribution >= 4 is 5.97 Å². The summed E-state index contributed by atoms with van der Waals surface area (Å²) in [5, 5.41) is 12.9. The van der Waals surface area contributed by atoms with Crippen LogP contribution in [0.3, 0.4) is 0 Å². The highest BCUT2D eigenvalue weighted by molar-refractivity contribution is 5.70. The first kappa shape index (κ1) is 13.6. The zero-order valence-electron chi connectivity index (χ0n) is 11.7. The molecule has 0 spiro atoms. The molecule has 1 aromatic rings. The van der Waals surface area contributed by atoms with Gasteiger partial charge in [0.25, 0.3) is 0 Å². The van der Waals surface area contributed by atoms with E-state index in [-0.39, 0.29) is 5.92 Å². The van der Waals surface area contributed by atoms with Gasteiger partial charge in [-0.3, -0.25) is 4.79 Å². The van der Waals surface area contributed by atoms with Crippen molar-refractivity contribution < 1.29 is 9.90 Å². The molecule has 20 heavy (non-hydrogen) atoms. The summed E-state index contributed by atoms with van der Waals surface area (Å²) in [5.41, 5.74) is 0. The Morgan fingerprint density at radius 2 is 2.10 bits per heavy atom. The van der Waals surface area contributed by atoms with E-state index in [9.17, 15) is 9.90 Å². The van der Waals surface area contributed by atoms with Gasteiger partial charge in [0.15, 0.2) is 0 Å². The van der Waals surface area contributed by atoms with Gasteiger partial charge in [0.1, 0.15) is 0 Å². The molecular weight excluding hydrogens is 254 g/mol. The number of imidazole rings is 1. The Bertz CT molecular complexity index is 446. The first-order valence-electron chi connectivity index (χ1n) is 7.70. The van der Waals surface area contributed by atoms with Crippen LogP contribution in [0.4, 0.5) is 0 Å². The lowest BCUT2D eigenvalue weighted by molar-refractivity contribution is -0.143. The maximum Gasteiger partial charge on any atom is 0.306 e. The molecule has 2 N–H and O–H groups in total. The van der Waals surface area contributed by atoms with Crippen LogP contribution in [0.5, 0.6) is 0 Å². The summed E-state index contributed by atoms with van der Waals surface area (Å²) in [6.07, 6.45) is 13.1. The largest absolute Gasteiger partial charge is 0.481 e. The number of carboxylic acids is 1. The Morgan fingerprint density at radius 1 is 1.25 bits per heavy atom. The van der Waals surface area contributed by atoms with Gasteiger partial charge in [-0.05, 0) is 38.5 Å². The minimum Gasteiger partial charge on any atom is -0.481 e. The average Bonchev–Trinajstić information content (AvgIpc) is 3.09. The Labute approximate surface area is 119 Å². The third-order valence-electron chi connectivity index (χ3n) is 4.86. The van der Waals surface area contributed by atoms with Crippen LogP contribution in [-0.2, 0) is 4.79 Å². The summed E-state index contributed by atoms with van der Waals surface area (Å²) in [7, 11) is 0. The quantitative estimate of drug-likeness (QED) is 0.885. The van der Waals surface area contributed by atoms with E-state index in [1.807, 2.05) is 18.7 Å². The molecular formula is C15H23N3O2. The molecule has 0 amide bonds. The fourth-order valence-electron chi connectivity index (χ4n) is 3.83. The molecule has 4 atom stereocenters. The topological polar surface area (TPSA) is 67.2 Å². The van der Waals surface area contributed by atoms with Crippen molar-refractivity contribution in [1.82, 2.24) is 14.9 Å². The molecule has 4 unspecified atom stereocenters. The third-order valence-corrected chi connectivity index (χ3v) is 4.86. The molecule has 1 aromatic heterocycles. The lowest BCUT2D eigenvalue weighted by atomic mass is 9.85. The van der Waals surface area contributed by atoms with E-state index >= 15 is 0 Å². The summed E-state index contributed by atoms with van der Waals surface area (Å²) in [4.78, 5) is 15.3. The molecule has 0 saturated heterocycles. The van der Waals surface area contributed by atoms with E-state index in [0.29, 0.717) is 18.1 Å². The molecule has 1 heterocycles. The number of aliphatic carboxylic acids is 1. The smallest absolute Gasteiger partial charge is 0.306 e. The number of aromatic nitrogens is 2. The maximum atomic E-state index is 11.1. The maximum absolute atomic E-state index is 11.1. The van der Waals surface area contributed by atoms with Crippen molar-refractivity contribution in [2.75, 3.05) is 0 Å². The normalized spacial score (nSPS) is 34.2. The van der Waals surface area contributed by atoms with Crippen LogP contribution >= 0.6 is 0 Å². The number of nitrogens with zero attached hydrogens (tertiary/aromatic N) is 2. The molecule has 3 rings (SSSR count). The number of rotatable bonds is 4. The summed E-state index contributed by atoms with van der Waals surface area (Å²) in [6, 6.07) is 1.29. The van der Waals surface area contributed by atoms with Gasteiger partial charge in [0, 0.05) is 30.5 Å². The van der Waals surface area contributed by atoms with Gasteiger partial charge in [0.2, 0.25) is 0 Å². The molecule has 5 heteroatoms. The fourth-order valence-corrected chi connectivity index (χ4v) is 3.83. The summed E-state index contributed by atoms with van der Waals surface area (Å²) < 4.78 is 2.20. The van der Waals surface area contributed by atoms with Gasteiger partial charge < -0.3 is 15.0 Å². The molecule has 2 aliphatic rings. The first-order chi connectivity index (χ1) is 9.74.